The van der Waals surface area contributed by atoms with Gasteiger partial charge >= 0.3 is 5.97 Å². The zero-order valence-electron chi connectivity index (χ0n) is 33.5. The summed E-state index contributed by atoms with van der Waals surface area (Å²) < 4.78 is 46.8. The SMILES string of the molecule is CC1OC(Oc2c(-c3ccc(O)cc3)oc3cc(O)cc(O)c3c2=O)C(OC2OC(CO)C(O)C(O)C2O)C(OC2OC(COC(=O)C=Cc3ccc(O)cc3)C(O)C(O)C2O)C1O. The highest BCUT2D eigenvalue weighted by atomic mass is 16.8. The second-order valence-electron chi connectivity index (χ2n) is 15.3. The summed E-state index contributed by atoms with van der Waals surface area (Å²) in [4.78, 5) is 26.9. The number of carbonyl (C=O) groups excluding carboxylic acids is 1. The number of phenolic OH excluding ortho intramolecular Hbond substituents is 4. The molecular formula is C42H46O22. The van der Waals surface area contributed by atoms with Crippen LogP contribution in [0.5, 0.6) is 28.7 Å². The van der Waals surface area contributed by atoms with E-state index in [1.807, 2.05) is 0 Å². The second-order valence-corrected chi connectivity index (χ2v) is 15.3. The summed E-state index contributed by atoms with van der Waals surface area (Å²) in [5, 5.41) is 126. The number of carbonyl (C=O) groups is 1. The molecule has 4 heterocycles. The maximum atomic E-state index is 14.3. The first-order chi connectivity index (χ1) is 30.4. The van der Waals surface area contributed by atoms with Crippen molar-refractivity contribution in [1.29, 1.82) is 0 Å². The van der Waals surface area contributed by atoms with Crippen molar-refractivity contribution in [2.75, 3.05) is 13.2 Å². The van der Waals surface area contributed by atoms with Crippen LogP contribution in [0.25, 0.3) is 28.4 Å². The normalized spacial score (nSPS) is 33.3. The van der Waals surface area contributed by atoms with Crippen LogP contribution in [0, 0.1) is 0 Å². The molecule has 1 aromatic heterocycles. The van der Waals surface area contributed by atoms with Gasteiger partial charge in [0.05, 0.1) is 12.7 Å². The van der Waals surface area contributed by atoms with E-state index in [2.05, 4.69) is 0 Å². The van der Waals surface area contributed by atoms with Crippen molar-refractivity contribution >= 4 is 23.0 Å². The Bertz CT molecular complexity index is 2330. The first kappa shape index (κ1) is 46.5. The van der Waals surface area contributed by atoms with Gasteiger partial charge in [-0.1, -0.05) is 12.1 Å². The lowest BCUT2D eigenvalue weighted by molar-refractivity contribution is -0.382. The van der Waals surface area contributed by atoms with Crippen LogP contribution < -0.4 is 10.2 Å². The third-order valence-electron chi connectivity index (χ3n) is 10.8. The van der Waals surface area contributed by atoms with Crippen LogP contribution in [-0.4, -0.2) is 173 Å². The van der Waals surface area contributed by atoms with Crippen LogP contribution in [0.3, 0.4) is 0 Å². The van der Waals surface area contributed by atoms with Gasteiger partial charge in [-0.15, -0.1) is 0 Å². The quantitative estimate of drug-likeness (QED) is 0.0563. The average molecular weight is 903 g/mol. The van der Waals surface area contributed by atoms with Gasteiger partial charge < -0.3 is 98.9 Å². The van der Waals surface area contributed by atoms with E-state index >= 15 is 0 Å². The number of esters is 1. The Kier molecular flexibility index (Phi) is 14.1. The molecule has 12 N–H and O–H groups in total. The number of hydrogen-bond donors (Lipinski definition) is 12. The van der Waals surface area contributed by atoms with Gasteiger partial charge in [0, 0.05) is 23.8 Å². The summed E-state index contributed by atoms with van der Waals surface area (Å²) in [6.45, 7) is -0.278. The fourth-order valence-electron chi connectivity index (χ4n) is 7.29. The Morgan fingerprint density at radius 2 is 1.25 bits per heavy atom. The van der Waals surface area contributed by atoms with E-state index in [0.29, 0.717) is 5.56 Å². The average Bonchev–Trinajstić information content (AvgIpc) is 3.26. The molecule has 0 saturated carbocycles. The number of ether oxygens (including phenoxy) is 7. The zero-order valence-corrected chi connectivity index (χ0v) is 33.5. The number of fused-ring (bicyclic) bond motifs is 1. The summed E-state index contributed by atoms with van der Waals surface area (Å²) in [6.07, 6.45) is -25.5. The third kappa shape index (κ3) is 9.64. The third-order valence-corrected chi connectivity index (χ3v) is 10.8. The van der Waals surface area contributed by atoms with Crippen LogP contribution >= 0.6 is 0 Å². The van der Waals surface area contributed by atoms with Crippen molar-refractivity contribution in [3.8, 4) is 40.1 Å². The highest BCUT2D eigenvalue weighted by molar-refractivity contribution is 5.88. The lowest BCUT2D eigenvalue weighted by Gasteiger charge is -2.48. The van der Waals surface area contributed by atoms with Crippen LogP contribution in [0.1, 0.15) is 12.5 Å². The summed E-state index contributed by atoms with van der Waals surface area (Å²) >= 11 is 0. The number of benzene rings is 3. The van der Waals surface area contributed by atoms with E-state index in [9.17, 15) is 70.9 Å². The first-order valence-electron chi connectivity index (χ1n) is 19.7. The summed E-state index contributed by atoms with van der Waals surface area (Å²) in [5.74, 6) is -3.35. The molecule has 3 saturated heterocycles. The van der Waals surface area contributed by atoms with E-state index in [0.717, 1.165) is 18.2 Å². The van der Waals surface area contributed by atoms with Gasteiger partial charge in [0.1, 0.15) is 102 Å². The highest BCUT2D eigenvalue weighted by Crippen LogP contribution is 2.39. The van der Waals surface area contributed by atoms with Crippen molar-refractivity contribution in [2.24, 2.45) is 0 Å². The molecule has 3 aromatic carbocycles. The summed E-state index contributed by atoms with van der Waals surface area (Å²) in [7, 11) is 0. The van der Waals surface area contributed by atoms with Gasteiger partial charge in [-0.3, -0.25) is 4.79 Å². The maximum Gasteiger partial charge on any atom is 0.330 e. The largest absolute Gasteiger partial charge is 0.508 e. The number of aromatic hydroxyl groups is 4. The molecule has 4 aromatic rings. The Hall–Kier alpha value is -5.44. The Labute approximate surface area is 361 Å². The number of hydrogen-bond acceptors (Lipinski definition) is 22. The predicted octanol–water partition coefficient (Wildman–Crippen LogP) is -1.60. The summed E-state index contributed by atoms with van der Waals surface area (Å²) in [6, 6.07) is 12.9. The standard InChI is InChI=1S/C42H46O22/c1-16-28(49)37(62-41-35(56)33(54)30(51)25(61-41)15-57-26(48)11-4-17-2-7-19(44)8-3-17)39(64-40-34(55)32(53)29(50)24(14-43)60-40)42(58-16)63-38-31(52)27-22(47)12-21(46)13-23(27)59-36(38)18-5-9-20(45)10-6-18/h2-13,16,24-25,28-30,32-35,37,39-47,49-51,53-56H,14-15H2,1H3. The molecule has 15 atom stereocenters. The molecule has 3 aliphatic rings. The monoisotopic (exact) mass is 902 g/mol. The Balaban J connectivity index is 1.23. The highest BCUT2D eigenvalue weighted by Gasteiger charge is 2.54. The molecule has 22 heteroatoms. The maximum absolute atomic E-state index is 14.3. The summed E-state index contributed by atoms with van der Waals surface area (Å²) in [5.41, 5.74) is -0.725. The van der Waals surface area contributed by atoms with E-state index in [4.69, 9.17) is 37.6 Å². The molecule has 0 aliphatic carbocycles. The molecule has 3 aliphatic heterocycles. The van der Waals surface area contributed by atoms with Crippen LogP contribution in [0.15, 0.2) is 76.0 Å². The molecule has 22 nitrogen and oxygen atoms in total. The number of aliphatic hydroxyl groups excluding tert-OH is 8. The van der Waals surface area contributed by atoms with E-state index in [1.165, 1.54) is 61.5 Å². The molecule has 0 spiro atoms. The van der Waals surface area contributed by atoms with Crippen molar-refractivity contribution in [3.63, 3.8) is 0 Å². The van der Waals surface area contributed by atoms with Gasteiger partial charge in [0.2, 0.25) is 17.5 Å². The molecule has 7 rings (SSSR count). The van der Waals surface area contributed by atoms with Crippen molar-refractivity contribution < 1.29 is 104 Å². The van der Waals surface area contributed by atoms with Gasteiger partial charge in [0.25, 0.3) is 0 Å². The van der Waals surface area contributed by atoms with Gasteiger partial charge in [-0.25, -0.2) is 4.79 Å². The smallest absolute Gasteiger partial charge is 0.330 e. The van der Waals surface area contributed by atoms with Crippen LogP contribution in [0.2, 0.25) is 0 Å². The van der Waals surface area contributed by atoms with Crippen molar-refractivity contribution in [3.05, 3.63) is 82.5 Å². The van der Waals surface area contributed by atoms with Gasteiger partial charge in [-0.2, -0.15) is 0 Å². The number of aliphatic hydroxyl groups is 8. The Morgan fingerprint density at radius 1 is 0.672 bits per heavy atom. The van der Waals surface area contributed by atoms with Crippen molar-refractivity contribution in [1.82, 2.24) is 0 Å². The fourth-order valence-corrected chi connectivity index (χ4v) is 7.29. The zero-order chi connectivity index (χ0) is 46.1. The molecular weight excluding hydrogens is 856 g/mol. The fraction of sp³-hybridized carbons (Fsp3) is 0.429. The number of rotatable bonds is 12. The molecule has 0 bridgehead atoms. The molecule has 0 radical (unpaired) electrons. The topological polar surface area (TPSA) is 355 Å². The predicted molar refractivity (Wildman–Crippen MR) is 212 cm³/mol. The minimum atomic E-state index is -2.08. The van der Waals surface area contributed by atoms with Crippen molar-refractivity contribution in [2.45, 2.75) is 99.0 Å². The molecule has 3 fully saturated rings. The molecule has 346 valence electrons. The van der Waals surface area contributed by atoms with Gasteiger partial charge in [-0.05, 0) is 55.0 Å². The van der Waals surface area contributed by atoms with Gasteiger partial charge in [0.15, 0.2) is 24.4 Å². The number of phenols is 4. The first-order valence-corrected chi connectivity index (χ1v) is 19.7. The van der Waals surface area contributed by atoms with Crippen LogP contribution in [0.4, 0.5) is 0 Å². The van der Waals surface area contributed by atoms with E-state index < -0.39 is 139 Å². The van der Waals surface area contributed by atoms with E-state index in [-0.39, 0.29) is 28.4 Å². The molecule has 15 unspecified atom stereocenters. The van der Waals surface area contributed by atoms with Crippen LogP contribution in [-0.2, 0) is 33.2 Å². The minimum absolute atomic E-state index is 0.000787. The molecule has 64 heavy (non-hydrogen) atoms. The lowest BCUT2D eigenvalue weighted by Crippen LogP contribution is -2.67. The second kappa shape index (κ2) is 19.3. The molecule has 0 amide bonds. The minimum Gasteiger partial charge on any atom is -0.508 e. The Morgan fingerprint density at radius 3 is 1.88 bits per heavy atom. The van der Waals surface area contributed by atoms with E-state index in [1.54, 1.807) is 0 Å². The lowest BCUT2D eigenvalue weighted by atomic mass is 9.96.